The van der Waals surface area contributed by atoms with Crippen LogP contribution in [0.5, 0.6) is 0 Å². The van der Waals surface area contributed by atoms with E-state index in [4.69, 9.17) is 13.6 Å². The predicted molar refractivity (Wildman–Crippen MR) is 140 cm³/mol. The second-order valence-corrected chi connectivity index (χ2v) is 10.3. The summed E-state index contributed by atoms with van der Waals surface area (Å²) in [7, 11) is 0. The molecule has 5 rings (SSSR count). The van der Waals surface area contributed by atoms with Crippen LogP contribution in [0.15, 0.2) is 62.2 Å². The number of hydrogen-bond acceptors (Lipinski definition) is 7. The summed E-state index contributed by atoms with van der Waals surface area (Å²) in [6.45, 7) is 1.28. The van der Waals surface area contributed by atoms with E-state index in [0.29, 0.717) is 38.8 Å². The van der Waals surface area contributed by atoms with Crippen LogP contribution in [0, 0.1) is 0 Å². The normalized spacial score (nSPS) is 14.2. The fraction of sp³-hybridized carbons (Fsp3) is 0.321. The third-order valence-corrected chi connectivity index (χ3v) is 7.81. The van der Waals surface area contributed by atoms with E-state index in [1.54, 1.807) is 18.2 Å². The number of ether oxygens (including phenoxy) is 1. The van der Waals surface area contributed by atoms with Gasteiger partial charge in [0, 0.05) is 57.6 Å². The van der Waals surface area contributed by atoms with Gasteiger partial charge in [0.1, 0.15) is 17.8 Å². The number of rotatable bonds is 7. The Morgan fingerprint density at radius 3 is 2.61 bits per heavy atom. The maximum Gasteiger partial charge on any atom is 0.374 e. The number of thioether (sulfide) groups is 1. The SMILES string of the molecule is CC(=O)Nc1ccc2c(COC(=O)c3oc4ccccc4c3CSC3CCCCC3)cc(=O)oc2c1. The summed E-state index contributed by atoms with van der Waals surface area (Å²) in [5.74, 6) is 0.0853. The second-order valence-electron chi connectivity index (χ2n) is 9.04. The molecule has 0 bridgehead atoms. The third kappa shape index (κ3) is 5.33. The maximum atomic E-state index is 13.2. The molecule has 1 saturated carbocycles. The first-order chi connectivity index (χ1) is 17.5. The van der Waals surface area contributed by atoms with Gasteiger partial charge < -0.3 is 18.9 Å². The minimum Gasteiger partial charge on any atom is -0.455 e. The minimum atomic E-state index is -0.568. The zero-order valence-corrected chi connectivity index (χ0v) is 20.8. The largest absolute Gasteiger partial charge is 0.455 e. The lowest BCUT2D eigenvalue weighted by atomic mass is 10.0. The highest BCUT2D eigenvalue weighted by molar-refractivity contribution is 7.99. The second kappa shape index (κ2) is 10.6. The molecule has 8 heteroatoms. The molecule has 7 nitrogen and oxygen atoms in total. The van der Waals surface area contributed by atoms with Crippen molar-refractivity contribution in [1.82, 2.24) is 0 Å². The summed E-state index contributed by atoms with van der Waals surface area (Å²) in [6, 6.07) is 13.9. The van der Waals surface area contributed by atoms with E-state index < -0.39 is 11.6 Å². The number of carbonyl (C=O) groups is 2. The Hall–Kier alpha value is -3.52. The maximum absolute atomic E-state index is 13.2. The highest BCUT2D eigenvalue weighted by Crippen LogP contribution is 2.35. The number of esters is 1. The summed E-state index contributed by atoms with van der Waals surface area (Å²) in [4.78, 5) is 36.7. The van der Waals surface area contributed by atoms with Gasteiger partial charge in [0.25, 0.3) is 0 Å². The van der Waals surface area contributed by atoms with E-state index in [-0.39, 0.29) is 18.3 Å². The van der Waals surface area contributed by atoms with E-state index in [0.717, 1.165) is 10.9 Å². The van der Waals surface area contributed by atoms with Gasteiger partial charge in [-0.1, -0.05) is 37.5 Å². The predicted octanol–water partition coefficient (Wildman–Crippen LogP) is 6.42. The first kappa shape index (κ1) is 24.2. The number of furan rings is 1. The zero-order chi connectivity index (χ0) is 25.1. The first-order valence-corrected chi connectivity index (χ1v) is 13.2. The average Bonchev–Trinajstić information content (AvgIpc) is 3.24. The monoisotopic (exact) mass is 505 g/mol. The molecule has 1 aliphatic rings. The van der Waals surface area contributed by atoms with Gasteiger partial charge >= 0.3 is 11.6 Å². The van der Waals surface area contributed by atoms with Gasteiger partial charge in [-0.05, 0) is 31.0 Å². The Bertz CT molecular complexity index is 1480. The smallest absolute Gasteiger partial charge is 0.374 e. The molecule has 0 aliphatic heterocycles. The average molecular weight is 506 g/mol. The number of amides is 1. The van der Waals surface area contributed by atoms with Crippen molar-refractivity contribution < 1.29 is 23.2 Å². The van der Waals surface area contributed by atoms with Crippen LogP contribution in [0.3, 0.4) is 0 Å². The van der Waals surface area contributed by atoms with Crippen LogP contribution in [0.25, 0.3) is 21.9 Å². The number of fused-ring (bicyclic) bond motifs is 2. The molecule has 1 N–H and O–H groups in total. The summed E-state index contributed by atoms with van der Waals surface area (Å²) in [5, 5.41) is 4.79. The van der Waals surface area contributed by atoms with Crippen molar-refractivity contribution in [2.24, 2.45) is 0 Å². The topological polar surface area (TPSA) is 98.7 Å². The molecule has 2 aromatic heterocycles. The molecule has 186 valence electrons. The van der Waals surface area contributed by atoms with Crippen LogP contribution in [-0.4, -0.2) is 17.1 Å². The number of carbonyl (C=O) groups excluding carboxylic acids is 2. The minimum absolute atomic E-state index is 0.118. The fourth-order valence-corrected chi connectivity index (χ4v) is 6.03. The zero-order valence-electron chi connectivity index (χ0n) is 20.0. The van der Waals surface area contributed by atoms with E-state index in [1.165, 1.54) is 45.1 Å². The number of para-hydroxylation sites is 1. The van der Waals surface area contributed by atoms with E-state index in [1.807, 2.05) is 36.0 Å². The first-order valence-electron chi connectivity index (χ1n) is 12.1. The molecule has 2 aromatic carbocycles. The quantitative estimate of drug-likeness (QED) is 0.228. The van der Waals surface area contributed by atoms with Gasteiger partial charge in [-0.3, -0.25) is 4.79 Å². The van der Waals surface area contributed by atoms with E-state index >= 15 is 0 Å². The van der Waals surface area contributed by atoms with Crippen molar-refractivity contribution in [2.75, 3.05) is 5.32 Å². The van der Waals surface area contributed by atoms with Gasteiger partial charge in [-0.15, -0.1) is 0 Å². The molecule has 1 amide bonds. The third-order valence-electron chi connectivity index (χ3n) is 6.41. The van der Waals surface area contributed by atoms with Gasteiger partial charge in [0.05, 0.1) is 0 Å². The highest BCUT2D eigenvalue weighted by Gasteiger charge is 2.24. The van der Waals surface area contributed by atoms with Crippen LogP contribution >= 0.6 is 11.8 Å². The number of benzene rings is 2. The van der Waals surface area contributed by atoms with Crippen molar-refractivity contribution in [3.8, 4) is 0 Å². The van der Waals surface area contributed by atoms with Gasteiger partial charge in [-0.25, -0.2) is 9.59 Å². The van der Waals surface area contributed by atoms with Crippen LogP contribution in [-0.2, 0) is 21.9 Å². The van der Waals surface area contributed by atoms with Gasteiger partial charge in [0.15, 0.2) is 0 Å². The Kier molecular flexibility index (Phi) is 7.13. The van der Waals surface area contributed by atoms with Crippen molar-refractivity contribution in [2.45, 2.75) is 56.6 Å². The summed E-state index contributed by atoms with van der Waals surface area (Å²) in [6.07, 6.45) is 6.21. The Labute approximate surface area is 212 Å². The van der Waals surface area contributed by atoms with E-state index in [2.05, 4.69) is 5.32 Å². The van der Waals surface area contributed by atoms with Crippen LogP contribution < -0.4 is 10.9 Å². The lowest BCUT2D eigenvalue weighted by Gasteiger charge is -2.20. The molecule has 0 spiro atoms. The van der Waals surface area contributed by atoms with Crippen LogP contribution in [0.4, 0.5) is 5.69 Å². The molecule has 0 unspecified atom stereocenters. The standard InChI is InChI=1S/C28H27NO6S/c1-17(30)29-19-11-12-21-18(13-26(31)34-25(21)14-19)15-33-28(32)27-23(16-36-20-7-3-2-4-8-20)22-9-5-6-10-24(22)35-27/h5-6,9-14,20H,2-4,7-8,15-16H2,1H3,(H,29,30). The number of nitrogens with one attached hydrogen (secondary N) is 1. The Balaban J connectivity index is 1.38. The van der Waals surface area contributed by atoms with E-state index in [9.17, 15) is 14.4 Å². The van der Waals surface area contributed by atoms with Crippen molar-refractivity contribution in [1.29, 1.82) is 0 Å². The summed E-state index contributed by atoms with van der Waals surface area (Å²) in [5.41, 5.74) is 2.26. The van der Waals surface area contributed by atoms with Crippen molar-refractivity contribution in [3.63, 3.8) is 0 Å². The molecular formula is C28H27NO6S. The van der Waals surface area contributed by atoms with Crippen LogP contribution in [0.2, 0.25) is 0 Å². The molecule has 0 atom stereocenters. The Morgan fingerprint density at radius 1 is 1.00 bits per heavy atom. The molecule has 2 heterocycles. The van der Waals surface area contributed by atoms with Gasteiger partial charge in [-0.2, -0.15) is 11.8 Å². The van der Waals surface area contributed by atoms with Crippen molar-refractivity contribution in [3.05, 3.63) is 75.8 Å². The van der Waals surface area contributed by atoms with Gasteiger partial charge in [0.2, 0.25) is 11.7 Å². The molecular weight excluding hydrogens is 478 g/mol. The lowest BCUT2D eigenvalue weighted by molar-refractivity contribution is -0.114. The molecule has 1 aliphatic carbocycles. The fourth-order valence-electron chi connectivity index (χ4n) is 4.68. The lowest BCUT2D eigenvalue weighted by Crippen LogP contribution is -2.11. The summed E-state index contributed by atoms with van der Waals surface area (Å²) >= 11 is 1.87. The molecule has 0 radical (unpaired) electrons. The number of anilines is 1. The Morgan fingerprint density at radius 2 is 1.81 bits per heavy atom. The molecule has 0 saturated heterocycles. The highest BCUT2D eigenvalue weighted by atomic mass is 32.2. The summed E-state index contributed by atoms with van der Waals surface area (Å²) < 4.78 is 16.9. The molecule has 1 fully saturated rings. The van der Waals surface area contributed by atoms with Crippen LogP contribution in [0.1, 0.15) is 60.7 Å². The molecule has 4 aromatic rings. The molecule has 36 heavy (non-hydrogen) atoms. The van der Waals surface area contributed by atoms with Crippen molar-refractivity contribution >= 4 is 51.3 Å². The number of hydrogen-bond donors (Lipinski definition) is 1.